The third-order valence-electron chi connectivity index (χ3n) is 7.55. The molecule has 0 aromatic heterocycles. The van der Waals surface area contributed by atoms with E-state index in [4.69, 9.17) is 0 Å². The second-order valence-corrected chi connectivity index (χ2v) is 9.70. The van der Waals surface area contributed by atoms with Gasteiger partial charge in [-0.25, -0.2) is 0 Å². The van der Waals surface area contributed by atoms with E-state index in [1.54, 1.807) is 0 Å². The Kier molecular flexibility index (Phi) is 5.96. The summed E-state index contributed by atoms with van der Waals surface area (Å²) < 4.78 is 0. The van der Waals surface area contributed by atoms with Crippen molar-refractivity contribution >= 4 is 5.78 Å². The van der Waals surface area contributed by atoms with Gasteiger partial charge in [-0.2, -0.15) is 0 Å². The summed E-state index contributed by atoms with van der Waals surface area (Å²) in [4.78, 5) is 12.6. The summed E-state index contributed by atoms with van der Waals surface area (Å²) in [5, 5.41) is 9.95. The van der Waals surface area contributed by atoms with Crippen molar-refractivity contribution in [2.45, 2.75) is 60.3 Å². The lowest BCUT2D eigenvalue weighted by Gasteiger charge is -2.41. The minimum absolute atomic E-state index is 0.0121. The van der Waals surface area contributed by atoms with E-state index >= 15 is 0 Å². The van der Waals surface area contributed by atoms with Gasteiger partial charge in [-0.05, 0) is 87.2 Å². The zero-order valence-corrected chi connectivity index (χ0v) is 17.7. The first kappa shape index (κ1) is 20.3. The van der Waals surface area contributed by atoms with Gasteiger partial charge in [0.1, 0.15) is 0 Å². The molecule has 1 N–H and O–H groups in total. The van der Waals surface area contributed by atoms with E-state index in [1.807, 2.05) is 6.08 Å². The van der Waals surface area contributed by atoms with E-state index < -0.39 is 0 Å². The van der Waals surface area contributed by atoms with Gasteiger partial charge < -0.3 is 5.11 Å². The second kappa shape index (κ2) is 7.91. The third-order valence-corrected chi connectivity index (χ3v) is 7.55. The molecule has 1 saturated carbocycles. The molecular formula is C25H36O2. The monoisotopic (exact) mass is 368 g/mol. The average Bonchev–Trinajstić information content (AvgIpc) is 3.04. The van der Waals surface area contributed by atoms with Gasteiger partial charge in [0.05, 0.1) is 12.5 Å². The number of hydrogen-bond donors (Lipinski definition) is 1. The average molecular weight is 369 g/mol. The van der Waals surface area contributed by atoms with Crippen LogP contribution in [0.2, 0.25) is 0 Å². The van der Waals surface area contributed by atoms with Crippen LogP contribution >= 0.6 is 0 Å². The number of hydrogen-bond acceptors (Lipinski definition) is 2. The van der Waals surface area contributed by atoms with Gasteiger partial charge in [0.2, 0.25) is 0 Å². The van der Waals surface area contributed by atoms with Crippen LogP contribution in [0.25, 0.3) is 0 Å². The van der Waals surface area contributed by atoms with Crippen LogP contribution in [0.5, 0.6) is 0 Å². The van der Waals surface area contributed by atoms with Gasteiger partial charge in [0, 0.05) is 0 Å². The maximum absolute atomic E-state index is 12.6. The predicted octanol–water partition coefficient (Wildman–Crippen LogP) is 5.65. The molecule has 0 aliphatic heterocycles. The molecule has 6 atom stereocenters. The summed E-state index contributed by atoms with van der Waals surface area (Å²) in [6.07, 6.45) is 15.4. The quantitative estimate of drug-likeness (QED) is 0.514. The number of allylic oxidation sites excluding steroid dienone is 7. The lowest BCUT2D eigenvalue weighted by atomic mass is 9.63. The number of ketones is 1. The van der Waals surface area contributed by atoms with Crippen LogP contribution in [-0.4, -0.2) is 17.5 Å². The Labute approximate surface area is 165 Å². The molecule has 2 nitrogen and oxygen atoms in total. The lowest BCUT2D eigenvalue weighted by molar-refractivity contribution is -0.117. The summed E-state index contributed by atoms with van der Waals surface area (Å²) in [6, 6.07) is 0. The fourth-order valence-corrected chi connectivity index (χ4v) is 5.98. The van der Waals surface area contributed by atoms with E-state index in [0.717, 1.165) is 18.4 Å². The van der Waals surface area contributed by atoms with Crippen molar-refractivity contribution in [1.82, 2.24) is 0 Å². The Morgan fingerprint density at radius 2 is 2.15 bits per heavy atom. The van der Waals surface area contributed by atoms with Gasteiger partial charge in [-0.1, -0.05) is 49.3 Å². The molecule has 3 aliphatic rings. The Morgan fingerprint density at radius 3 is 2.81 bits per heavy atom. The highest BCUT2D eigenvalue weighted by atomic mass is 16.3. The SMILES string of the molecule is CC(C)=C/C=C\[C@H](C)[C@H]1CC[C@]2(C)C[C@@H]3C(C)=CC(=O)C3/C(CO)=C\C[C@@H]12. The number of aliphatic hydroxyl groups is 1. The number of fused-ring (bicyclic) bond motifs is 2. The van der Waals surface area contributed by atoms with E-state index in [2.05, 4.69) is 58.9 Å². The zero-order valence-electron chi connectivity index (χ0n) is 17.7. The topological polar surface area (TPSA) is 37.3 Å². The van der Waals surface area contributed by atoms with Crippen molar-refractivity contribution in [3.05, 3.63) is 47.1 Å². The van der Waals surface area contributed by atoms with Gasteiger partial charge in [0.15, 0.2) is 5.78 Å². The number of rotatable bonds is 4. The number of carbonyl (C=O) groups excluding carboxylic acids is 1. The molecule has 27 heavy (non-hydrogen) atoms. The van der Waals surface area contributed by atoms with Crippen LogP contribution in [0.3, 0.4) is 0 Å². The fourth-order valence-electron chi connectivity index (χ4n) is 5.98. The Bertz CT molecular complexity index is 704. The van der Waals surface area contributed by atoms with Crippen LogP contribution in [0.4, 0.5) is 0 Å². The highest BCUT2D eigenvalue weighted by Crippen LogP contribution is 2.58. The first-order chi connectivity index (χ1) is 12.8. The Hall–Kier alpha value is -1.41. The maximum atomic E-state index is 12.6. The number of carbonyl (C=O) groups is 1. The van der Waals surface area contributed by atoms with Crippen molar-refractivity contribution in [2.75, 3.05) is 6.61 Å². The highest BCUT2D eigenvalue weighted by molar-refractivity contribution is 5.97. The molecule has 0 heterocycles. The van der Waals surface area contributed by atoms with E-state index in [-0.39, 0.29) is 29.6 Å². The minimum Gasteiger partial charge on any atom is -0.392 e. The molecule has 0 aromatic rings. The van der Waals surface area contributed by atoms with Crippen LogP contribution < -0.4 is 0 Å². The van der Waals surface area contributed by atoms with Crippen LogP contribution in [0.1, 0.15) is 60.3 Å². The lowest BCUT2D eigenvalue weighted by Crippen LogP contribution is -2.34. The fraction of sp³-hybridized carbons (Fsp3) is 0.640. The summed E-state index contributed by atoms with van der Waals surface area (Å²) in [7, 11) is 0. The van der Waals surface area contributed by atoms with Crippen LogP contribution in [0, 0.1) is 35.0 Å². The molecule has 0 bridgehead atoms. The van der Waals surface area contributed by atoms with E-state index in [9.17, 15) is 9.90 Å². The molecule has 1 unspecified atom stereocenters. The van der Waals surface area contributed by atoms with Crippen LogP contribution in [0.15, 0.2) is 47.1 Å². The Balaban J connectivity index is 1.89. The van der Waals surface area contributed by atoms with Gasteiger partial charge in [-0.15, -0.1) is 0 Å². The van der Waals surface area contributed by atoms with Crippen molar-refractivity contribution < 1.29 is 9.90 Å². The standard InChI is InChI=1S/C25H36O2/c1-16(2)7-6-8-17(3)20-11-12-25(5)14-21-18(4)13-23(27)24(21)19(15-26)9-10-22(20)25/h6-9,13,17,20-22,24,26H,10-12,14-15H2,1-5H3/b8-6-,19-9-/t17-,20+,21+,22-,24?,25+/m0/s1. The first-order valence-corrected chi connectivity index (χ1v) is 10.6. The minimum atomic E-state index is -0.109. The van der Waals surface area contributed by atoms with Crippen molar-refractivity contribution in [1.29, 1.82) is 0 Å². The van der Waals surface area contributed by atoms with Gasteiger partial charge in [-0.3, -0.25) is 4.79 Å². The molecule has 2 heteroatoms. The van der Waals surface area contributed by atoms with Gasteiger partial charge >= 0.3 is 0 Å². The molecule has 0 saturated heterocycles. The smallest absolute Gasteiger partial charge is 0.163 e. The summed E-state index contributed by atoms with van der Waals surface area (Å²) in [5.74, 6) is 2.21. The normalized spacial score (nSPS) is 39.1. The molecular weight excluding hydrogens is 332 g/mol. The molecule has 0 radical (unpaired) electrons. The predicted molar refractivity (Wildman–Crippen MR) is 112 cm³/mol. The molecule has 0 amide bonds. The zero-order chi connectivity index (χ0) is 19.8. The highest BCUT2D eigenvalue weighted by Gasteiger charge is 2.50. The summed E-state index contributed by atoms with van der Waals surface area (Å²) in [6.45, 7) is 11.2. The van der Waals surface area contributed by atoms with E-state index in [0.29, 0.717) is 17.8 Å². The van der Waals surface area contributed by atoms with Crippen molar-refractivity contribution in [2.24, 2.45) is 35.0 Å². The molecule has 3 aliphatic carbocycles. The molecule has 0 aromatic carbocycles. The molecule has 1 fully saturated rings. The number of aliphatic hydroxyl groups excluding tert-OH is 1. The van der Waals surface area contributed by atoms with Crippen molar-refractivity contribution in [3.63, 3.8) is 0 Å². The summed E-state index contributed by atoms with van der Waals surface area (Å²) >= 11 is 0. The third kappa shape index (κ3) is 3.92. The van der Waals surface area contributed by atoms with Crippen LogP contribution in [-0.2, 0) is 4.79 Å². The molecule has 3 rings (SSSR count). The molecule has 0 spiro atoms. The van der Waals surface area contributed by atoms with Crippen molar-refractivity contribution in [3.8, 4) is 0 Å². The molecule has 148 valence electrons. The first-order valence-electron chi connectivity index (χ1n) is 10.6. The summed E-state index contributed by atoms with van der Waals surface area (Å²) in [5.41, 5.74) is 3.78. The largest absolute Gasteiger partial charge is 0.392 e. The maximum Gasteiger partial charge on any atom is 0.163 e. The van der Waals surface area contributed by atoms with E-state index in [1.165, 1.54) is 24.0 Å². The second-order valence-electron chi connectivity index (χ2n) is 9.70. The van der Waals surface area contributed by atoms with Gasteiger partial charge in [0.25, 0.3) is 0 Å². The Morgan fingerprint density at radius 1 is 1.41 bits per heavy atom.